The van der Waals surface area contributed by atoms with Gasteiger partial charge in [0.1, 0.15) is 42.2 Å². The molecule has 3 N–H and O–H groups in total. The molecule has 0 aliphatic carbocycles. The van der Waals surface area contributed by atoms with Crippen LogP contribution in [0.25, 0.3) is 0 Å². The summed E-state index contributed by atoms with van der Waals surface area (Å²) in [6.45, 7) is -0.225. The van der Waals surface area contributed by atoms with E-state index in [1.807, 2.05) is 6.07 Å². The molecule has 2 aromatic carbocycles. The maximum Gasteiger partial charge on any atom is 0.228 e. The summed E-state index contributed by atoms with van der Waals surface area (Å²) in [4.78, 5) is 12.4. The van der Waals surface area contributed by atoms with E-state index in [0.29, 0.717) is 11.3 Å². The zero-order valence-electron chi connectivity index (χ0n) is 16.2. The van der Waals surface area contributed by atoms with Gasteiger partial charge in [0, 0.05) is 6.07 Å². The van der Waals surface area contributed by atoms with E-state index < -0.39 is 18.0 Å². The highest BCUT2D eigenvalue weighted by atomic mass is 19.1. The van der Waals surface area contributed by atoms with E-state index in [0.717, 1.165) is 11.6 Å². The van der Waals surface area contributed by atoms with Crippen LogP contribution < -0.4 is 20.6 Å². The smallest absolute Gasteiger partial charge is 0.228 e. The molecule has 8 heteroatoms. The Bertz CT molecular complexity index is 1240. The molecule has 1 unspecified atom stereocenters. The largest absolute Gasteiger partial charge is 0.489 e. The van der Waals surface area contributed by atoms with Crippen molar-refractivity contribution in [3.05, 3.63) is 105 Å². The Morgan fingerprint density at radius 2 is 1.87 bits per heavy atom. The van der Waals surface area contributed by atoms with Gasteiger partial charge >= 0.3 is 0 Å². The topological polar surface area (TPSA) is 119 Å². The van der Waals surface area contributed by atoms with Crippen LogP contribution in [0.5, 0.6) is 11.5 Å². The van der Waals surface area contributed by atoms with Crippen LogP contribution in [0.1, 0.15) is 28.6 Å². The van der Waals surface area contributed by atoms with Crippen molar-refractivity contribution in [2.24, 2.45) is 5.73 Å². The minimum Gasteiger partial charge on any atom is -0.489 e. The van der Waals surface area contributed by atoms with Crippen LogP contribution in [0, 0.1) is 17.1 Å². The molecule has 0 radical (unpaired) electrons. The molecule has 0 fully saturated rings. The van der Waals surface area contributed by atoms with Crippen LogP contribution in [-0.2, 0) is 13.2 Å². The second-order valence-corrected chi connectivity index (χ2v) is 6.84. The lowest BCUT2D eigenvalue weighted by Gasteiger charge is -2.24. The third-order valence-corrected chi connectivity index (χ3v) is 4.82. The first-order valence-corrected chi connectivity index (χ1v) is 9.32. The summed E-state index contributed by atoms with van der Waals surface area (Å²) < 4.78 is 29.7. The summed E-state index contributed by atoms with van der Waals surface area (Å²) >= 11 is 0. The van der Waals surface area contributed by atoms with Gasteiger partial charge < -0.3 is 24.7 Å². The van der Waals surface area contributed by atoms with E-state index in [2.05, 4.69) is 0 Å². The average molecular weight is 420 g/mol. The normalized spacial score (nSPS) is 15.1. The third kappa shape index (κ3) is 3.99. The van der Waals surface area contributed by atoms with Crippen molar-refractivity contribution in [2.75, 3.05) is 0 Å². The van der Waals surface area contributed by atoms with Crippen molar-refractivity contribution in [3.63, 3.8) is 0 Å². The van der Waals surface area contributed by atoms with Gasteiger partial charge in [-0.2, -0.15) is 5.26 Å². The lowest BCUT2D eigenvalue weighted by molar-refractivity contribution is 0.231. The predicted molar refractivity (Wildman–Crippen MR) is 107 cm³/mol. The first-order chi connectivity index (χ1) is 15.0. The van der Waals surface area contributed by atoms with Crippen molar-refractivity contribution >= 4 is 0 Å². The second kappa shape index (κ2) is 8.34. The molecule has 4 rings (SSSR count). The van der Waals surface area contributed by atoms with Crippen LogP contribution in [-0.4, -0.2) is 5.11 Å². The quantitative estimate of drug-likeness (QED) is 0.651. The molecule has 156 valence electrons. The fourth-order valence-electron chi connectivity index (χ4n) is 3.30. The fraction of sp³-hybridized carbons (Fsp3) is 0.130. The molecule has 1 aliphatic heterocycles. The number of fused-ring (bicyclic) bond motifs is 1. The van der Waals surface area contributed by atoms with Crippen molar-refractivity contribution in [2.45, 2.75) is 19.1 Å². The van der Waals surface area contributed by atoms with Crippen LogP contribution in [0.4, 0.5) is 4.39 Å². The SMILES string of the molecule is N#CC1=C(N)Oc2c(oc(CO)cc2=O)C1c1ccc(OCc2ccc(F)cc2)cc1. The molecule has 7 nitrogen and oxygen atoms in total. The molecule has 0 bridgehead atoms. The molecule has 3 aromatic rings. The minimum atomic E-state index is -0.779. The number of rotatable bonds is 5. The number of hydrogen-bond acceptors (Lipinski definition) is 7. The zero-order valence-corrected chi connectivity index (χ0v) is 16.2. The standard InChI is InChI=1S/C23H17FN2O5/c24-15-5-1-13(2-6-15)12-29-16-7-3-14(4-8-16)20-18(10-25)23(26)31-21-19(28)9-17(11-27)30-22(20)21/h1-9,20,27H,11-12,26H2. The highest BCUT2D eigenvalue weighted by Gasteiger charge is 2.35. The van der Waals surface area contributed by atoms with Crippen LogP contribution in [0.3, 0.4) is 0 Å². The number of halogens is 1. The zero-order chi connectivity index (χ0) is 22.0. The highest BCUT2D eigenvalue weighted by Crippen LogP contribution is 2.41. The summed E-state index contributed by atoms with van der Waals surface area (Å²) in [7, 11) is 0. The molecule has 0 spiro atoms. The van der Waals surface area contributed by atoms with Gasteiger partial charge in [-0.15, -0.1) is 0 Å². The minimum absolute atomic E-state index is 0.0503. The third-order valence-electron chi connectivity index (χ3n) is 4.82. The van der Waals surface area contributed by atoms with E-state index in [1.54, 1.807) is 36.4 Å². The monoisotopic (exact) mass is 420 g/mol. The second-order valence-electron chi connectivity index (χ2n) is 6.84. The van der Waals surface area contributed by atoms with Gasteiger partial charge in [-0.1, -0.05) is 24.3 Å². The first kappa shape index (κ1) is 20.2. The molecular weight excluding hydrogens is 403 g/mol. The van der Waals surface area contributed by atoms with Gasteiger partial charge in [-0.3, -0.25) is 4.79 Å². The number of nitrogens with zero attached hydrogens (tertiary/aromatic N) is 1. The van der Waals surface area contributed by atoms with Gasteiger partial charge in [0.15, 0.2) is 5.76 Å². The highest BCUT2D eigenvalue weighted by molar-refractivity contribution is 5.52. The predicted octanol–water partition coefficient (Wildman–Crippen LogP) is 3.07. The summed E-state index contributed by atoms with van der Waals surface area (Å²) in [6, 6.07) is 16.0. The van der Waals surface area contributed by atoms with Crippen molar-refractivity contribution in [1.82, 2.24) is 0 Å². The number of hydrogen-bond donors (Lipinski definition) is 2. The molecule has 0 saturated heterocycles. The van der Waals surface area contributed by atoms with Crippen molar-refractivity contribution in [3.8, 4) is 17.6 Å². The Morgan fingerprint density at radius 1 is 1.16 bits per heavy atom. The summed E-state index contributed by atoms with van der Waals surface area (Å²) in [5.41, 5.74) is 6.89. The Labute approximate surface area is 176 Å². The summed E-state index contributed by atoms with van der Waals surface area (Å²) in [5, 5.41) is 19.0. The summed E-state index contributed by atoms with van der Waals surface area (Å²) in [6.07, 6.45) is 0. The molecular formula is C23H17FN2O5. The first-order valence-electron chi connectivity index (χ1n) is 9.32. The average Bonchev–Trinajstić information content (AvgIpc) is 2.78. The number of ether oxygens (including phenoxy) is 2. The molecule has 1 aromatic heterocycles. The number of nitriles is 1. The Hall–Kier alpha value is -4.09. The van der Waals surface area contributed by atoms with E-state index >= 15 is 0 Å². The number of nitrogens with two attached hydrogens (primary N) is 1. The molecule has 1 atom stereocenters. The van der Waals surface area contributed by atoms with Gasteiger partial charge in [0.05, 0.1) is 5.92 Å². The molecule has 2 heterocycles. The van der Waals surface area contributed by atoms with E-state index in [-0.39, 0.29) is 41.2 Å². The van der Waals surface area contributed by atoms with Gasteiger partial charge in [-0.05, 0) is 35.4 Å². The molecule has 1 aliphatic rings. The van der Waals surface area contributed by atoms with Crippen LogP contribution >= 0.6 is 0 Å². The molecule has 0 amide bonds. The number of benzene rings is 2. The Kier molecular flexibility index (Phi) is 5.43. The lowest BCUT2D eigenvalue weighted by Crippen LogP contribution is -2.25. The Balaban J connectivity index is 1.65. The Morgan fingerprint density at radius 3 is 2.52 bits per heavy atom. The number of aliphatic hydroxyl groups is 1. The number of aliphatic hydroxyl groups excluding tert-OH is 1. The lowest BCUT2D eigenvalue weighted by atomic mass is 9.87. The van der Waals surface area contributed by atoms with E-state index in [1.165, 1.54) is 12.1 Å². The fourth-order valence-corrected chi connectivity index (χ4v) is 3.30. The molecule has 0 saturated carbocycles. The van der Waals surface area contributed by atoms with Gasteiger partial charge in [0.2, 0.25) is 17.1 Å². The van der Waals surface area contributed by atoms with Crippen LogP contribution in [0.15, 0.2) is 75.3 Å². The van der Waals surface area contributed by atoms with Crippen molar-refractivity contribution in [1.29, 1.82) is 5.26 Å². The molecule has 31 heavy (non-hydrogen) atoms. The van der Waals surface area contributed by atoms with Crippen LogP contribution in [0.2, 0.25) is 0 Å². The van der Waals surface area contributed by atoms with E-state index in [4.69, 9.17) is 19.6 Å². The van der Waals surface area contributed by atoms with E-state index in [9.17, 15) is 19.6 Å². The van der Waals surface area contributed by atoms with Gasteiger partial charge in [0.25, 0.3) is 0 Å². The van der Waals surface area contributed by atoms with Gasteiger partial charge in [-0.25, -0.2) is 4.39 Å². The number of allylic oxidation sites excluding steroid dienone is 1. The maximum atomic E-state index is 13.0. The maximum absolute atomic E-state index is 13.0. The summed E-state index contributed by atoms with van der Waals surface area (Å²) in [5.74, 6) is -0.686. The van der Waals surface area contributed by atoms with Crippen molar-refractivity contribution < 1.29 is 23.4 Å².